The highest BCUT2D eigenvalue weighted by Crippen LogP contribution is 2.04. The number of thioether (sulfide) groups is 1. The van der Waals surface area contributed by atoms with Crippen LogP contribution in [-0.4, -0.2) is 38.7 Å². The van der Waals surface area contributed by atoms with Gasteiger partial charge in [0.1, 0.15) is 0 Å². The van der Waals surface area contributed by atoms with Crippen molar-refractivity contribution >= 4 is 11.8 Å². The van der Waals surface area contributed by atoms with Gasteiger partial charge < -0.3 is 5.32 Å². The molecule has 0 aliphatic rings. The molecule has 0 fully saturated rings. The predicted octanol–water partition coefficient (Wildman–Crippen LogP) is 0.993. The van der Waals surface area contributed by atoms with E-state index < -0.39 is 0 Å². The molecule has 0 aliphatic heterocycles. The van der Waals surface area contributed by atoms with E-state index >= 15 is 0 Å². The topological polar surface area (TPSA) is 66.5 Å². The van der Waals surface area contributed by atoms with Crippen molar-refractivity contribution < 1.29 is 0 Å². The van der Waals surface area contributed by atoms with E-state index in [-0.39, 0.29) is 6.04 Å². The van der Waals surface area contributed by atoms with Crippen LogP contribution in [0.15, 0.2) is 0 Å². The quantitative estimate of drug-likeness (QED) is 0.664. The van der Waals surface area contributed by atoms with Crippen LogP contribution in [0.3, 0.4) is 0 Å². The zero-order valence-electron chi connectivity index (χ0n) is 8.66. The average Bonchev–Trinajstić information content (AvgIpc) is 2.70. The summed E-state index contributed by atoms with van der Waals surface area (Å²) in [5.74, 6) is 3.14. The first kappa shape index (κ1) is 11.5. The monoisotopic (exact) mass is 215 g/mol. The van der Waals surface area contributed by atoms with Gasteiger partial charge in [-0.3, -0.25) is 0 Å². The minimum absolute atomic E-state index is 0.181. The van der Waals surface area contributed by atoms with E-state index in [9.17, 15) is 0 Å². The third-order valence-corrected chi connectivity index (χ3v) is 2.85. The Hall–Kier alpha value is -0.620. The number of aromatic amines is 1. The molecule has 1 unspecified atom stereocenters. The van der Waals surface area contributed by atoms with E-state index in [1.165, 1.54) is 17.9 Å². The van der Waals surface area contributed by atoms with Gasteiger partial charge in [0, 0.05) is 0 Å². The zero-order valence-corrected chi connectivity index (χ0v) is 9.47. The lowest BCUT2D eigenvalue weighted by molar-refractivity contribution is 0.546. The van der Waals surface area contributed by atoms with E-state index in [4.69, 9.17) is 0 Å². The lowest BCUT2D eigenvalue weighted by atomic mass is 10.3. The van der Waals surface area contributed by atoms with Crippen LogP contribution in [0.25, 0.3) is 0 Å². The summed E-state index contributed by atoms with van der Waals surface area (Å²) < 4.78 is 0. The summed E-state index contributed by atoms with van der Waals surface area (Å²) in [6.45, 7) is 5.22. The van der Waals surface area contributed by atoms with Crippen molar-refractivity contribution in [2.75, 3.05) is 18.1 Å². The first-order chi connectivity index (χ1) is 6.84. The molecule has 1 rings (SSSR count). The highest BCUT2D eigenvalue weighted by molar-refractivity contribution is 7.99. The van der Waals surface area contributed by atoms with E-state index in [0.29, 0.717) is 0 Å². The Kier molecular flexibility index (Phi) is 5.55. The zero-order chi connectivity index (χ0) is 10.2. The maximum atomic E-state index is 3.92. The van der Waals surface area contributed by atoms with E-state index in [1.54, 1.807) is 0 Å². The number of nitrogens with one attached hydrogen (secondary N) is 2. The van der Waals surface area contributed by atoms with Crippen molar-refractivity contribution in [2.45, 2.75) is 26.3 Å². The third kappa shape index (κ3) is 4.06. The summed E-state index contributed by atoms with van der Waals surface area (Å²) in [6.07, 6.45) is 1.18. The smallest absolute Gasteiger partial charge is 0.191 e. The van der Waals surface area contributed by atoms with Crippen molar-refractivity contribution in [3.05, 3.63) is 5.82 Å². The van der Waals surface area contributed by atoms with Gasteiger partial charge in [-0.1, -0.05) is 12.1 Å². The van der Waals surface area contributed by atoms with E-state index in [1.807, 2.05) is 18.7 Å². The molecule has 0 bridgehead atoms. The molecule has 1 heterocycles. The highest BCUT2D eigenvalue weighted by atomic mass is 32.2. The van der Waals surface area contributed by atoms with Crippen molar-refractivity contribution in [2.24, 2.45) is 0 Å². The van der Waals surface area contributed by atoms with Gasteiger partial charge in [0.25, 0.3) is 0 Å². The minimum Gasteiger partial charge on any atom is -0.307 e. The minimum atomic E-state index is 0.181. The van der Waals surface area contributed by atoms with Gasteiger partial charge in [-0.05, 0) is 31.4 Å². The van der Waals surface area contributed by atoms with Crippen LogP contribution in [0.2, 0.25) is 0 Å². The predicted molar refractivity (Wildman–Crippen MR) is 58.2 cm³/mol. The van der Waals surface area contributed by atoms with Gasteiger partial charge in [-0.25, -0.2) is 0 Å². The molecule has 5 nitrogen and oxygen atoms in total. The Labute approximate surface area is 88.4 Å². The van der Waals surface area contributed by atoms with Crippen molar-refractivity contribution in [3.8, 4) is 0 Å². The number of rotatable bonds is 7. The molecule has 0 aromatic carbocycles. The fourth-order valence-corrected chi connectivity index (χ4v) is 1.72. The Morgan fingerprint density at radius 2 is 2.43 bits per heavy atom. The number of hydrogen-bond acceptors (Lipinski definition) is 5. The number of nitrogens with zero attached hydrogens (tertiary/aromatic N) is 3. The maximum absolute atomic E-state index is 3.92. The van der Waals surface area contributed by atoms with Crippen LogP contribution in [0, 0.1) is 0 Å². The van der Waals surface area contributed by atoms with E-state index in [2.05, 4.69) is 32.9 Å². The normalized spacial score (nSPS) is 13.0. The van der Waals surface area contributed by atoms with Crippen LogP contribution >= 0.6 is 11.8 Å². The molecule has 1 aromatic heterocycles. The Morgan fingerprint density at radius 1 is 1.57 bits per heavy atom. The molecule has 6 heteroatoms. The molecular formula is C8H17N5S. The molecule has 14 heavy (non-hydrogen) atoms. The average molecular weight is 215 g/mol. The lowest BCUT2D eigenvalue weighted by Gasteiger charge is -2.08. The second-order valence-corrected chi connectivity index (χ2v) is 4.39. The Morgan fingerprint density at radius 3 is 3.07 bits per heavy atom. The summed E-state index contributed by atoms with van der Waals surface area (Å²) in [4.78, 5) is 0. The van der Waals surface area contributed by atoms with Gasteiger partial charge >= 0.3 is 0 Å². The van der Waals surface area contributed by atoms with Crippen molar-refractivity contribution in [3.63, 3.8) is 0 Å². The van der Waals surface area contributed by atoms with Crippen LogP contribution in [0.1, 0.15) is 32.1 Å². The SMILES string of the molecule is CCSCCCNC(C)c1nn[nH]n1. The van der Waals surface area contributed by atoms with Crippen molar-refractivity contribution in [1.29, 1.82) is 0 Å². The summed E-state index contributed by atoms with van der Waals surface area (Å²) >= 11 is 1.97. The molecule has 0 saturated carbocycles. The van der Waals surface area contributed by atoms with Gasteiger partial charge in [0.15, 0.2) is 5.82 Å². The second-order valence-electron chi connectivity index (χ2n) is 3.00. The molecular weight excluding hydrogens is 198 g/mol. The fraction of sp³-hybridized carbons (Fsp3) is 0.875. The number of H-pyrrole nitrogens is 1. The Bertz CT molecular complexity index is 226. The highest BCUT2D eigenvalue weighted by Gasteiger charge is 2.07. The van der Waals surface area contributed by atoms with Crippen LogP contribution in [0.5, 0.6) is 0 Å². The van der Waals surface area contributed by atoms with Gasteiger partial charge in [-0.15, -0.1) is 10.2 Å². The first-order valence-corrected chi connectivity index (χ1v) is 6.04. The standard InChI is InChI=1S/C8H17N5S/c1-3-14-6-4-5-9-7(2)8-10-12-13-11-8/h7,9H,3-6H2,1-2H3,(H,10,11,12,13). The third-order valence-electron chi connectivity index (χ3n) is 1.87. The largest absolute Gasteiger partial charge is 0.307 e. The summed E-state index contributed by atoms with van der Waals surface area (Å²) in [5, 5.41) is 17.1. The summed E-state index contributed by atoms with van der Waals surface area (Å²) in [5.41, 5.74) is 0. The van der Waals surface area contributed by atoms with E-state index in [0.717, 1.165) is 12.4 Å². The molecule has 0 aliphatic carbocycles. The molecule has 2 N–H and O–H groups in total. The van der Waals surface area contributed by atoms with Crippen LogP contribution in [0.4, 0.5) is 0 Å². The molecule has 80 valence electrons. The molecule has 0 amide bonds. The molecule has 1 aromatic rings. The fourth-order valence-electron chi connectivity index (χ4n) is 1.08. The van der Waals surface area contributed by atoms with Gasteiger partial charge in [-0.2, -0.15) is 17.0 Å². The van der Waals surface area contributed by atoms with Crippen LogP contribution in [-0.2, 0) is 0 Å². The van der Waals surface area contributed by atoms with Crippen molar-refractivity contribution in [1.82, 2.24) is 25.9 Å². The summed E-state index contributed by atoms with van der Waals surface area (Å²) in [6, 6.07) is 0.181. The number of hydrogen-bond donors (Lipinski definition) is 2. The molecule has 1 atom stereocenters. The second kappa shape index (κ2) is 6.78. The molecule has 0 radical (unpaired) electrons. The Balaban J connectivity index is 2.07. The van der Waals surface area contributed by atoms with Gasteiger partial charge in [0.05, 0.1) is 6.04 Å². The number of tetrazole rings is 1. The molecule has 0 spiro atoms. The molecule has 0 saturated heterocycles. The first-order valence-electron chi connectivity index (χ1n) is 4.89. The number of aromatic nitrogens is 4. The maximum Gasteiger partial charge on any atom is 0.191 e. The van der Waals surface area contributed by atoms with Gasteiger partial charge in [0.2, 0.25) is 0 Å². The summed E-state index contributed by atoms with van der Waals surface area (Å²) in [7, 11) is 0. The lowest BCUT2D eigenvalue weighted by Crippen LogP contribution is -2.21. The van der Waals surface area contributed by atoms with Crippen LogP contribution < -0.4 is 5.32 Å².